The fourth-order valence-electron chi connectivity index (χ4n) is 3.26. The van der Waals surface area contributed by atoms with Crippen LogP contribution in [0.3, 0.4) is 0 Å². The van der Waals surface area contributed by atoms with Gasteiger partial charge in [-0.2, -0.15) is 0 Å². The van der Waals surface area contributed by atoms with Crippen LogP contribution in [0.4, 0.5) is 11.4 Å². The SMILES string of the molecule is CC(=O)N1CCc2cc(Br)c(S(=O)(=O)CC(=O)Nc3cc(C)ccc3C)cc21. The number of aryl methyl sites for hydroxylation is 2. The van der Waals surface area contributed by atoms with Gasteiger partial charge in [-0.05, 0) is 71.1 Å². The fourth-order valence-corrected chi connectivity index (χ4v) is 5.61. The molecular formula is C20H21BrN2O4S. The van der Waals surface area contributed by atoms with Crippen LogP contribution < -0.4 is 10.2 Å². The second kappa shape index (κ2) is 7.67. The zero-order valence-electron chi connectivity index (χ0n) is 15.9. The highest BCUT2D eigenvalue weighted by molar-refractivity contribution is 9.10. The summed E-state index contributed by atoms with van der Waals surface area (Å²) in [7, 11) is -3.90. The lowest BCUT2D eigenvalue weighted by atomic mass is 10.1. The Balaban J connectivity index is 1.87. The van der Waals surface area contributed by atoms with Gasteiger partial charge in [0.25, 0.3) is 0 Å². The summed E-state index contributed by atoms with van der Waals surface area (Å²) < 4.78 is 26.2. The molecule has 2 aromatic carbocycles. The molecule has 0 aliphatic carbocycles. The highest BCUT2D eigenvalue weighted by Crippen LogP contribution is 2.36. The number of carbonyl (C=O) groups is 2. The average molecular weight is 465 g/mol. The summed E-state index contributed by atoms with van der Waals surface area (Å²) in [6, 6.07) is 8.79. The van der Waals surface area contributed by atoms with Crippen LogP contribution >= 0.6 is 15.9 Å². The van der Waals surface area contributed by atoms with E-state index < -0.39 is 21.5 Å². The van der Waals surface area contributed by atoms with Gasteiger partial charge in [0.2, 0.25) is 11.8 Å². The van der Waals surface area contributed by atoms with Crippen molar-refractivity contribution < 1.29 is 18.0 Å². The number of amides is 2. The molecule has 0 radical (unpaired) electrons. The molecule has 0 aromatic heterocycles. The van der Waals surface area contributed by atoms with Crippen molar-refractivity contribution in [3.05, 3.63) is 51.5 Å². The molecular weight excluding hydrogens is 444 g/mol. The second-order valence-electron chi connectivity index (χ2n) is 6.96. The summed E-state index contributed by atoms with van der Waals surface area (Å²) in [5.41, 5.74) is 3.91. The second-order valence-corrected chi connectivity index (χ2v) is 9.77. The van der Waals surface area contributed by atoms with Gasteiger partial charge in [0.05, 0.1) is 4.90 Å². The Morgan fingerprint density at radius 3 is 2.57 bits per heavy atom. The molecule has 0 saturated heterocycles. The largest absolute Gasteiger partial charge is 0.325 e. The van der Waals surface area contributed by atoms with Crippen LogP contribution in [0.25, 0.3) is 0 Å². The van der Waals surface area contributed by atoms with Crippen molar-refractivity contribution in [2.45, 2.75) is 32.1 Å². The van der Waals surface area contributed by atoms with E-state index in [1.807, 2.05) is 26.0 Å². The van der Waals surface area contributed by atoms with Crippen molar-refractivity contribution in [3.8, 4) is 0 Å². The molecule has 0 spiro atoms. The van der Waals surface area contributed by atoms with E-state index in [4.69, 9.17) is 0 Å². The number of nitrogens with one attached hydrogen (secondary N) is 1. The first-order valence-corrected chi connectivity index (χ1v) is 11.2. The Labute approximate surface area is 173 Å². The van der Waals surface area contributed by atoms with Crippen LogP contribution in [-0.2, 0) is 25.8 Å². The van der Waals surface area contributed by atoms with E-state index >= 15 is 0 Å². The van der Waals surface area contributed by atoms with Crippen LogP contribution in [0.15, 0.2) is 39.7 Å². The number of carbonyl (C=O) groups excluding carboxylic acids is 2. The van der Waals surface area contributed by atoms with Crippen molar-refractivity contribution >= 4 is 49.0 Å². The molecule has 0 bridgehead atoms. The monoisotopic (exact) mass is 464 g/mol. The lowest BCUT2D eigenvalue weighted by Crippen LogP contribution is -2.26. The Bertz CT molecular complexity index is 1080. The highest BCUT2D eigenvalue weighted by Gasteiger charge is 2.28. The van der Waals surface area contributed by atoms with Gasteiger partial charge in [0.1, 0.15) is 5.75 Å². The summed E-state index contributed by atoms with van der Waals surface area (Å²) >= 11 is 3.31. The maximum absolute atomic E-state index is 12.9. The van der Waals surface area contributed by atoms with Gasteiger partial charge in [-0.25, -0.2) is 8.42 Å². The summed E-state index contributed by atoms with van der Waals surface area (Å²) in [6.07, 6.45) is 0.668. The molecule has 1 N–H and O–H groups in total. The van der Waals surface area contributed by atoms with E-state index in [-0.39, 0.29) is 10.8 Å². The van der Waals surface area contributed by atoms with E-state index in [1.165, 1.54) is 13.0 Å². The van der Waals surface area contributed by atoms with Crippen molar-refractivity contribution in [1.29, 1.82) is 0 Å². The standard InChI is InChI=1S/C20H21BrN2O4S/c1-12-4-5-13(2)17(8-12)22-20(25)11-28(26,27)19-10-18-15(9-16(19)21)6-7-23(18)14(3)24/h4-5,8-10H,6-7,11H2,1-3H3,(H,22,25). The fraction of sp³-hybridized carbons (Fsp3) is 0.300. The predicted octanol–water partition coefficient (Wildman–Crippen LogP) is 3.39. The quantitative estimate of drug-likeness (QED) is 0.751. The Morgan fingerprint density at radius 2 is 1.89 bits per heavy atom. The summed E-state index contributed by atoms with van der Waals surface area (Å²) in [6.45, 7) is 5.71. The van der Waals surface area contributed by atoms with E-state index in [0.717, 1.165) is 16.7 Å². The normalized spacial score (nSPS) is 13.4. The number of hydrogen-bond donors (Lipinski definition) is 1. The van der Waals surface area contributed by atoms with Crippen molar-refractivity contribution in [3.63, 3.8) is 0 Å². The number of nitrogens with zero attached hydrogens (tertiary/aromatic N) is 1. The van der Waals surface area contributed by atoms with Crippen molar-refractivity contribution in [2.24, 2.45) is 0 Å². The van der Waals surface area contributed by atoms with Crippen LogP contribution in [0.5, 0.6) is 0 Å². The van der Waals surface area contributed by atoms with Gasteiger partial charge in [-0.3, -0.25) is 9.59 Å². The van der Waals surface area contributed by atoms with E-state index in [2.05, 4.69) is 21.2 Å². The summed E-state index contributed by atoms with van der Waals surface area (Å²) in [5, 5.41) is 2.68. The number of sulfone groups is 1. The number of hydrogen-bond acceptors (Lipinski definition) is 4. The minimum Gasteiger partial charge on any atom is -0.325 e. The van der Waals surface area contributed by atoms with E-state index in [9.17, 15) is 18.0 Å². The molecule has 0 unspecified atom stereocenters. The average Bonchev–Trinajstić information content (AvgIpc) is 2.99. The molecule has 6 nitrogen and oxygen atoms in total. The molecule has 0 atom stereocenters. The van der Waals surface area contributed by atoms with E-state index in [0.29, 0.717) is 28.8 Å². The third-order valence-corrected chi connectivity index (χ3v) is 7.30. The van der Waals surface area contributed by atoms with Gasteiger partial charge in [0.15, 0.2) is 9.84 Å². The molecule has 0 saturated carbocycles. The number of anilines is 2. The Hall–Kier alpha value is -2.19. The lowest BCUT2D eigenvalue weighted by molar-refractivity contribution is -0.116. The minimum absolute atomic E-state index is 0.00974. The van der Waals surface area contributed by atoms with Gasteiger partial charge in [-0.1, -0.05) is 12.1 Å². The number of fused-ring (bicyclic) bond motifs is 1. The zero-order chi connectivity index (χ0) is 20.6. The smallest absolute Gasteiger partial charge is 0.239 e. The minimum atomic E-state index is -3.90. The maximum atomic E-state index is 12.9. The van der Waals surface area contributed by atoms with Crippen LogP contribution in [0.1, 0.15) is 23.6 Å². The highest BCUT2D eigenvalue weighted by atomic mass is 79.9. The van der Waals surface area contributed by atoms with Crippen LogP contribution in [-0.4, -0.2) is 32.5 Å². The topological polar surface area (TPSA) is 83.6 Å². The molecule has 148 valence electrons. The van der Waals surface area contributed by atoms with E-state index in [1.54, 1.807) is 17.0 Å². The van der Waals surface area contributed by atoms with Crippen LogP contribution in [0.2, 0.25) is 0 Å². The van der Waals surface area contributed by atoms with Gasteiger partial charge < -0.3 is 10.2 Å². The molecule has 0 fully saturated rings. The molecule has 28 heavy (non-hydrogen) atoms. The first kappa shape index (κ1) is 20.5. The summed E-state index contributed by atoms with van der Waals surface area (Å²) in [4.78, 5) is 25.8. The molecule has 3 rings (SSSR count). The van der Waals surface area contributed by atoms with Crippen molar-refractivity contribution in [1.82, 2.24) is 0 Å². The van der Waals surface area contributed by atoms with Gasteiger partial charge >= 0.3 is 0 Å². The molecule has 8 heteroatoms. The lowest BCUT2D eigenvalue weighted by Gasteiger charge is -2.16. The van der Waals surface area contributed by atoms with Crippen LogP contribution in [0, 0.1) is 13.8 Å². The third kappa shape index (κ3) is 4.12. The zero-order valence-corrected chi connectivity index (χ0v) is 18.3. The van der Waals surface area contributed by atoms with Gasteiger partial charge in [-0.15, -0.1) is 0 Å². The molecule has 1 aliphatic rings. The number of benzene rings is 2. The first-order valence-electron chi connectivity index (χ1n) is 8.79. The molecule has 2 aromatic rings. The number of rotatable bonds is 4. The first-order chi connectivity index (χ1) is 13.1. The Kier molecular flexibility index (Phi) is 5.63. The summed E-state index contributed by atoms with van der Waals surface area (Å²) in [5.74, 6) is -1.43. The Morgan fingerprint density at radius 1 is 1.18 bits per heavy atom. The van der Waals surface area contributed by atoms with Gasteiger partial charge in [0, 0.05) is 29.3 Å². The predicted molar refractivity (Wildman–Crippen MR) is 112 cm³/mol. The number of halogens is 1. The molecule has 2 amide bonds. The van der Waals surface area contributed by atoms with Crippen molar-refractivity contribution in [2.75, 3.05) is 22.5 Å². The molecule has 1 heterocycles. The maximum Gasteiger partial charge on any atom is 0.239 e. The molecule has 1 aliphatic heterocycles. The third-order valence-electron chi connectivity index (χ3n) is 4.73.